The molecule has 0 amide bonds. The Labute approximate surface area is 98.4 Å². The van der Waals surface area contributed by atoms with Crippen LogP contribution in [0.3, 0.4) is 0 Å². The van der Waals surface area contributed by atoms with Crippen LogP contribution in [0.1, 0.15) is 0 Å². The Hall–Kier alpha value is -0.890. The van der Waals surface area contributed by atoms with Crippen molar-refractivity contribution in [3.63, 3.8) is 0 Å². The van der Waals surface area contributed by atoms with Gasteiger partial charge in [-0.1, -0.05) is 11.6 Å². The van der Waals surface area contributed by atoms with Crippen molar-refractivity contribution >= 4 is 40.0 Å². The van der Waals surface area contributed by atoms with E-state index in [9.17, 15) is 0 Å². The van der Waals surface area contributed by atoms with E-state index in [-0.39, 0.29) is 5.82 Å². The maximum absolute atomic E-state index is 5.92. The molecular weight excluding hydrogens is 316 g/mol. The first-order chi connectivity index (χ1) is 6.68. The van der Waals surface area contributed by atoms with Crippen LogP contribution in [0.4, 0.5) is 5.82 Å². The maximum atomic E-state index is 5.92. The van der Waals surface area contributed by atoms with Crippen molar-refractivity contribution in [2.24, 2.45) is 0 Å². The normalized spacial score (nSPS) is 10.4. The molecule has 2 aromatic rings. The first-order valence-electron chi connectivity index (χ1n) is 3.65. The van der Waals surface area contributed by atoms with Crippen LogP contribution in [0.15, 0.2) is 18.7 Å². The average Bonchev–Trinajstić information content (AvgIpc) is 2.57. The van der Waals surface area contributed by atoms with Crippen LogP contribution >= 0.6 is 34.2 Å². The summed E-state index contributed by atoms with van der Waals surface area (Å²) in [5, 5.41) is 4.38. The molecular formula is C7H5ClIN5. The second-order valence-corrected chi connectivity index (χ2v) is 4.12. The lowest BCUT2D eigenvalue weighted by molar-refractivity contribution is 0.841. The van der Waals surface area contributed by atoms with Gasteiger partial charge < -0.3 is 5.73 Å². The molecule has 0 atom stereocenters. The van der Waals surface area contributed by atoms with Crippen LogP contribution in [-0.4, -0.2) is 19.7 Å². The van der Waals surface area contributed by atoms with Gasteiger partial charge in [0.2, 0.25) is 0 Å². The molecule has 2 N–H and O–H groups in total. The third kappa shape index (κ3) is 1.67. The van der Waals surface area contributed by atoms with Crippen LogP contribution < -0.4 is 5.73 Å². The molecule has 2 heterocycles. The van der Waals surface area contributed by atoms with E-state index in [1.807, 2.05) is 0 Å². The second-order valence-electron chi connectivity index (χ2n) is 2.50. The Kier molecular flexibility index (Phi) is 2.55. The van der Waals surface area contributed by atoms with Crippen LogP contribution in [-0.2, 0) is 0 Å². The number of rotatable bonds is 1. The molecule has 0 aliphatic heterocycles. The SMILES string of the molecule is Nc1ncnc(-n2cc(I)cn2)c1Cl. The summed E-state index contributed by atoms with van der Waals surface area (Å²) in [6.07, 6.45) is 4.86. The minimum absolute atomic E-state index is 0.252. The Morgan fingerprint density at radius 1 is 1.43 bits per heavy atom. The van der Waals surface area contributed by atoms with Crippen molar-refractivity contribution in [1.82, 2.24) is 19.7 Å². The highest BCUT2D eigenvalue weighted by molar-refractivity contribution is 14.1. The van der Waals surface area contributed by atoms with Gasteiger partial charge in [-0.2, -0.15) is 5.10 Å². The van der Waals surface area contributed by atoms with Crippen LogP contribution in [0.2, 0.25) is 5.02 Å². The van der Waals surface area contributed by atoms with Crippen molar-refractivity contribution in [2.45, 2.75) is 0 Å². The van der Waals surface area contributed by atoms with Gasteiger partial charge in [-0.05, 0) is 22.6 Å². The van der Waals surface area contributed by atoms with Gasteiger partial charge in [0.1, 0.15) is 17.2 Å². The molecule has 2 aromatic heterocycles. The number of halogens is 2. The Bertz CT molecular complexity index is 469. The summed E-state index contributed by atoms with van der Waals surface area (Å²) in [4.78, 5) is 7.76. The first-order valence-corrected chi connectivity index (χ1v) is 5.10. The van der Waals surface area contributed by atoms with E-state index >= 15 is 0 Å². The highest BCUT2D eigenvalue weighted by Gasteiger charge is 2.08. The van der Waals surface area contributed by atoms with Gasteiger partial charge in [-0.25, -0.2) is 14.6 Å². The molecule has 0 saturated heterocycles. The molecule has 0 bridgehead atoms. The zero-order chi connectivity index (χ0) is 10.1. The van der Waals surface area contributed by atoms with Crippen molar-refractivity contribution < 1.29 is 0 Å². The van der Waals surface area contributed by atoms with E-state index in [0.717, 1.165) is 3.57 Å². The molecule has 0 aliphatic carbocycles. The third-order valence-corrected chi connectivity index (χ3v) is 2.49. The quantitative estimate of drug-likeness (QED) is 0.808. The second kappa shape index (κ2) is 3.70. The van der Waals surface area contributed by atoms with E-state index in [1.54, 1.807) is 17.1 Å². The van der Waals surface area contributed by atoms with Gasteiger partial charge in [0, 0.05) is 6.20 Å². The highest BCUT2D eigenvalue weighted by atomic mass is 127. The Morgan fingerprint density at radius 3 is 2.86 bits per heavy atom. The Morgan fingerprint density at radius 2 is 2.21 bits per heavy atom. The minimum Gasteiger partial charge on any atom is -0.382 e. The summed E-state index contributed by atoms with van der Waals surface area (Å²) >= 11 is 8.07. The van der Waals surface area contributed by atoms with E-state index in [1.165, 1.54) is 6.33 Å². The maximum Gasteiger partial charge on any atom is 0.177 e. The fourth-order valence-corrected chi connectivity index (χ4v) is 1.52. The molecule has 0 saturated carbocycles. The molecule has 0 radical (unpaired) electrons. The van der Waals surface area contributed by atoms with Crippen LogP contribution in [0, 0.1) is 3.57 Å². The molecule has 5 nitrogen and oxygen atoms in total. The molecule has 0 unspecified atom stereocenters. The zero-order valence-corrected chi connectivity index (χ0v) is 9.77. The lowest BCUT2D eigenvalue weighted by atomic mass is 10.5. The molecule has 72 valence electrons. The third-order valence-electron chi connectivity index (χ3n) is 1.57. The lowest BCUT2D eigenvalue weighted by Crippen LogP contribution is -2.02. The summed E-state index contributed by atoms with van der Waals surface area (Å²) in [5.41, 5.74) is 5.54. The van der Waals surface area contributed by atoms with Crippen molar-refractivity contribution in [1.29, 1.82) is 0 Å². The summed E-state index contributed by atoms with van der Waals surface area (Å²) in [6, 6.07) is 0. The largest absolute Gasteiger partial charge is 0.382 e. The average molecular weight is 322 g/mol. The fourth-order valence-electron chi connectivity index (χ4n) is 0.950. The predicted octanol–water partition coefficient (Wildman–Crippen LogP) is 1.50. The smallest absolute Gasteiger partial charge is 0.177 e. The van der Waals surface area contributed by atoms with Crippen molar-refractivity contribution in [2.75, 3.05) is 5.73 Å². The minimum atomic E-state index is 0.252. The zero-order valence-electron chi connectivity index (χ0n) is 6.85. The van der Waals surface area contributed by atoms with Gasteiger partial charge in [0.25, 0.3) is 0 Å². The molecule has 0 aliphatic rings. The lowest BCUT2D eigenvalue weighted by Gasteiger charge is -2.03. The number of aromatic nitrogens is 4. The van der Waals surface area contributed by atoms with E-state index in [0.29, 0.717) is 10.8 Å². The van der Waals surface area contributed by atoms with E-state index < -0.39 is 0 Å². The molecule has 2 rings (SSSR count). The highest BCUT2D eigenvalue weighted by Crippen LogP contribution is 2.21. The molecule has 14 heavy (non-hydrogen) atoms. The van der Waals surface area contributed by atoms with E-state index in [4.69, 9.17) is 17.3 Å². The molecule has 0 aromatic carbocycles. The van der Waals surface area contributed by atoms with Gasteiger partial charge in [-0.15, -0.1) is 0 Å². The monoisotopic (exact) mass is 321 g/mol. The fraction of sp³-hybridized carbons (Fsp3) is 0. The molecule has 7 heteroatoms. The number of hydrogen-bond acceptors (Lipinski definition) is 4. The number of anilines is 1. The number of nitrogens with two attached hydrogens (primary N) is 1. The topological polar surface area (TPSA) is 69.6 Å². The summed E-state index contributed by atoms with van der Waals surface area (Å²) < 4.78 is 2.55. The summed E-state index contributed by atoms with van der Waals surface area (Å²) in [6.45, 7) is 0. The number of nitrogen functional groups attached to an aromatic ring is 1. The number of hydrogen-bond donors (Lipinski definition) is 1. The van der Waals surface area contributed by atoms with Gasteiger partial charge in [0.15, 0.2) is 5.82 Å². The standard InChI is InChI=1S/C7H5ClIN5/c8-5-6(10)11-3-12-7(5)14-2-4(9)1-13-14/h1-3H,(H2,10,11,12). The van der Waals surface area contributed by atoms with Gasteiger partial charge in [0.05, 0.1) is 9.77 Å². The molecule has 0 spiro atoms. The predicted molar refractivity (Wildman–Crippen MR) is 61.3 cm³/mol. The van der Waals surface area contributed by atoms with E-state index in [2.05, 4.69) is 37.7 Å². The van der Waals surface area contributed by atoms with Crippen molar-refractivity contribution in [3.8, 4) is 5.82 Å². The molecule has 0 fully saturated rings. The number of nitrogens with zero attached hydrogens (tertiary/aromatic N) is 4. The summed E-state index contributed by atoms with van der Waals surface area (Å²) in [5.74, 6) is 0.740. The van der Waals surface area contributed by atoms with Gasteiger partial charge >= 0.3 is 0 Å². The first kappa shape index (κ1) is 9.66. The van der Waals surface area contributed by atoms with Gasteiger partial charge in [-0.3, -0.25) is 0 Å². The van der Waals surface area contributed by atoms with Crippen LogP contribution in [0.25, 0.3) is 5.82 Å². The van der Waals surface area contributed by atoms with Crippen molar-refractivity contribution in [3.05, 3.63) is 27.3 Å². The summed E-state index contributed by atoms with van der Waals surface area (Å²) in [7, 11) is 0. The van der Waals surface area contributed by atoms with Crippen LogP contribution in [0.5, 0.6) is 0 Å². The Balaban J connectivity index is 2.57.